The smallest absolute Gasteiger partial charge is 0.317 e. The summed E-state index contributed by atoms with van der Waals surface area (Å²) in [6.45, 7) is 1.39. The third kappa shape index (κ3) is 3.06. The van der Waals surface area contributed by atoms with E-state index in [-0.39, 0.29) is 30.0 Å². The summed E-state index contributed by atoms with van der Waals surface area (Å²) in [6.07, 6.45) is 4.54. The van der Waals surface area contributed by atoms with Crippen molar-refractivity contribution in [2.75, 3.05) is 33.7 Å². The summed E-state index contributed by atoms with van der Waals surface area (Å²) in [5.74, 6) is -0.0571. The van der Waals surface area contributed by atoms with Crippen LogP contribution in [0.25, 0.3) is 0 Å². The summed E-state index contributed by atoms with van der Waals surface area (Å²) in [4.78, 5) is 26.8. The van der Waals surface area contributed by atoms with E-state index in [0.29, 0.717) is 6.54 Å². The Morgan fingerprint density at radius 1 is 1.35 bits per heavy atom. The Morgan fingerprint density at radius 2 is 2.05 bits per heavy atom. The third-order valence-electron chi connectivity index (χ3n) is 4.62. The van der Waals surface area contributed by atoms with Gasteiger partial charge in [-0.1, -0.05) is 6.42 Å². The van der Waals surface area contributed by atoms with Crippen molar-refractivity contribution in [3.05, 3.63) is 0 Å². The molecule has 0 radical (unpaired) electrons. The second-order valence-corrected chi connectivity index (χ2v) is 6.24. The van der Waals surface area contributed by atoms with Gasteiger partial charge in [-0.2, -0.15) is 0 Å². The van der Waals surface area contributed by atoms with Crippen LogP contribution in [0.3, 0.4) is 0 Å². The number of amides is 3. The molecule has 1 spiro atoms. The molecular formula is C14H25N3O3. The number of rotatable bonds is 2. The molecule has 1 saturated heterocycles. The maximum absolute atomic E-state index is 12.2. The van der Waals surface area contributed by atoms with Gasteiger partial charge in [0.15, 0.2) is 0 Å². The molecule has 2 aliphatic rings. The van der Waals surface area contributed by atoms with E-state index in [1.165, 1.54) is 4.90 Å². The molecule has 2 rings (SSSR count). The predicted molar refractivity (Wildman–Crippen MR) is 75.2 cm³/mol. The normalized spacial score (nSPS) is 29.6. The van der Waals surface area contributed by atoms with Gasteiger partial charge in [0, 0.05) is 32.6 Å². The van der Waals surface area contributed by atoms with Crippen LogP contribution in [-0.2, 0) is 4.79 Å². The maximum atomic E-state index is 12.2. The molecule has 1 aliphatic carbocycles. The van der Waals surface area contributed by atoms with E-state index in [1.54, 1.807) is 19.0 Å². The highest BCUT2D eigenvalue weighted by atomic mass is 16.3. The lowest BCUT2D eigenvalue weighted by Crippen LogP contribution is -2.52. The monoisotopic (exact) mass is 283 g/mol. The van der Waals surface area contributed by atoms with Gasteiger partial charge in [-0.3, -0.25) is 4.79 Å². The Labute approximate surface area is 120 Å². The second kappa shape index (κ2) is 5.99. The number of hydrogen-bond acceptors (Lipinski definition) is 3. The summed E-state index contributed by atoms with van der Waals surface area (Å²) in [7, 11) is 3.29. The lowest BCUT2D eigenvalue weighted by atomic mass is 9.76. The van der Waals surface area contributed by atoms with E-state index in [1.807, 2.05) is 0 Å². The number of urea groups is 1. The summed E-state index contributed by atoms with van der Waals surface area (Å²) >= 11 is 0. The van der Waals surface area contributed by atoms with E-state index >= 15 is 0 Å². The topological polar surface area (TPSA) is 72.9 Å². The molecule has 0 aromatic carbocycles. The lowest BCUT2D eigenvalue weighted by molar-refractivity contribution is -0.135. The van der Waals surface area contributed by atoms with Crippen LogP contribution in [-0.4, -0.2) is 66.7 Å². The van der Waals surface area contributed by atoms with Crippen LogP contribution in [0.4, 0.5) is 4.79 Å². The Morgan fingerprint density at radius 3 is 2.65 bits per heavy atom. The Bertz CT molecular complexity index is 386. The van der Waals surface area contributed by atoms with Gasteiger partial charge in [0.05, 0.1) is 12.6 Å². The highest BCUT2D eigenvalue weighted by Crippen LogP contribution is 2.44. The fourth-order valence-electron chi connectivity index (χ4n) is 3.39. The van der Waals surface area contributed by atoms with Crippen LogP contribution in [0.15, 0.2) is 0 Å². The molecule has 1 aliphatic heterocycles. The van der Waals surface area contributed by atoms with Gasteiger partial charge in [0.25, 0.3) is 0 Å². The van der Waals surface area contributed by atoms with Crippen LogP contribution in [0.1, 0.15) is 32.1 Å². The highest BCUT2D eigenvalue weighted by Gasteiger charge is 2.45. The van der Waals surface area contributed by atoms with Gasteiger partial charge in [0.2, 0.25) is 5.91 Å². The van der Waals surface area contributed by atoms with Crippen LogP contribution >= 0.6 is 0 Å². The minimum atomic E-state index is -0.283. The van der Waals surface area contributed by atoms with E-state index < -0.39 is 0 Å². The molecule has 0 aromatic heterocycles. The summed E-state index contributed by atoms with van der Waals surface area (Å²) in [6, 6.07) is -0.258. The average molecular weight is 283 g/mol. The molecule has 2 fully saturated rings. The number of carbonyl (C=O) groups excluding carboxylic acids is 2. The number of aliphatic hydroxyl groups excluding tert-OH is 1. The first-order chi connectivity index (χ1) is 9.44. The maximum Gasteiger partial charge on any atom is 0.317 e. The van der Waals surface area contributed by atoms with Gasteiger partial charge >= 0.3 is 6.03 Å². The van der Waals surface area contributed by atoms with Gasteiger partial charge in [-0.15, -0.1) is 0 Å². The number of likely N-dealkylation sites (tertiary alicyclic amines) is 1. The summed E-state index contributed by atoms with van der Waals surface area (Å²) in [5.41, 5.74) is -0.0978. The Balaban J connectivity index is 1.89. The minimum Gasteiger partial charge on any atom is -0.392 e. The molecule has 20 heavy (non-hydrogen) atoms. The first kappa shape index (κ1) is 15.1. The van der Waals surface area contributed by atoms with Crippen LogP contribution in [0, 0.1) is 5.41 Å². The average Bonchev–Trinajstić information content (AvgIpc) is 2.76. The van der Waals surface area contributed by atoms with Gasteiger partial charge in [-0.05, 0) is 25.7 Å². The number of nitrogens with zero attached hydrogens (tertiary/aromatic N) is 2. The van der Waals surface area contributed by atoms with E-state index in [2.05, 4.69) is 5.32 Å². The predicted octanol–water partition coefficient (Wildman–Crippen LogP) is 0.411. The molecule has 1 heterocycles. The standard InChI is InChI=1S/C14H25N3O3/c1-16(2)13(20)15-9-12(19)17-8-4-7-14(10-17)6-3-5-11(14)18/h11,18H,3-10H2,1-2H3,(H,15,20)/t11-,14-/m1/s1. The fraction of sp³-hybridized carbons (Fsp3) is 0.857. The molecule has 114 valence electrons. The van der Waals surface area contributed by atoms with Gasteiger partial charge in [0.1, 0.15) is 0 Å². The molecule has 6 heteroatoms. The Hall–Kier alpha value is -1.30. The molecule has 1 saturated carbocycles. The van der Waals surface area contributed by atoms with Gasteiger partial charge in [-0.25, -0.2) is 4.79 Å². The molecule has 3 amide bonds. The van der Waals surface area contributed by atoms with Crippen LogP contribution < -0.4 is 5.32 Å². The minimum absolute atomic E-state index is 0.0309. The number of hydrogen-bond donors (Lipinski definition) is 2. The van der Waals surface area contributed by atoms with Gasteiger partial charge < -0.3 is 20.2 Å². The number of piperidine rings is 1. The van der Waals surface area contributed by atoms with Crippen molar-refractivity contribution < 1.29 is 14.7 Å². The van der Waals surface area contributed by atoms with E-state index in [9.17, 15) is 14.7 Å². The van der Waals surface area contributed by atoms with E-state index in [0.717, 1.165) is 38.6 Å². The zero-order chi connectivity index (χ0) is 14.8. The molecule has 0 unspecified atom stereocenters. The van der Waals surface area contributed by atoms with Crippen molar-refractivity contribution in [3.63, 3.8) is 0 Å². The highest BCUT2D eigenvalue weighted by molar-refractivity contribution is 5.83. The molecule has 2 atom stereocenters. The number of carbonyl (C=O) groups is 2. The van der Waals surface area contributed by atoms with Crippen molar-refractivity contribution in [1.29, 1.82) is 0 Å². The SMILES string of the molecule is CN(C)C(=O)NCC(=O)N1CCC[C@]2(CCC[C@H]2O)C1. The van der Waals surface area contributed by atoms with Crippen molar-refractivity contribution in [2.45, 2.75) is 38.2 Å². The zero-order valence-electron chi connectivity index (χ0n) is 12.4. The lowest BCUT2D eigenvalue weighted by Gasteiger charge is -2.42. The number of nitrogens with one attached hydrogen (secondary N) is 1. The molecule has 0 aromatic rings. The third-order valence-corrected chi connectivity index (χ3v) is 4.62. The number of aliphatic hydroxyl groups is 1. The molecule has 0 bridgehead atoms. The van der Waals surface area contributed by atoms with Crippen molar-refractivity contribution in [1.82, 2.24) is 15.1 Å². The molecular weight excluding hydrogens is 258 g/mol. The first-order valence-electron chi connectivity index (χ1n) is 7.36. The van der Waals surface area contributed by atoms with Crippen molar-refractivity contribution >= 4 is 11.9 Å². The van der Waals surface area contributed by atoms with Crippen LogP contribution in [0.2, 0.25) is 0 Å². The van der Waals surface area contributed by atoms with Crippen molar-refractivity contribution in [3.8, 4) is 0 Å². The van der Waals surface area contributed by atoms with Crippen LogP contribution in [0.5, 0.6) is 0 Å². The summed E-state index contributed by atoms with van der Waals surface area (Å²) in [5, 5.41) is 12.8. The Kier molecular flexibility index (Phi) is 4.52. The summed E-state index contributed by atoms with van der Waals surface area (Å²) < 4.78 is 0. The quantitative estimate of drug-likeness (QED) is 0.771. The fourth-order valence-corrected chi connectivity index (χ4v) is 3.39. The first-order valence-corrected chi connectivity index (χ1v) is 7.36. The molecule has 2 N–H and O–H groups in total. The van der Waals surface area contributed by atoms with E-state index in [4.69, 9.17) is 0 Å². The zero-order valence-corrected chi connectivity index (χ0v) is 12.4. The van der Waals surface area contributed by atoms with Crippen molar-refractivity contribution in [2.24, 2.45) is 5.41 Å². The second-order valence-electron chi connectivity index (χ2n) is 6.24. The molecule has 6 nitrogen and oxygen atoms in total. The largest absolute Gasteiger partial charge is 0.392 e.